The number of nitrogens with zero attached hydrogens (tertiary/aromatic N) is 2. The van der Waals surface area contributed by atoms with Gasteiger partial charge in [0.2, 0.25) is 0 Å². The van der Waals surface area contributed by atoms with Gasteiger partial charge in [0.1, 0.15) is 6.10 Å². The molecule has 0 saturated heterocycles. The zero-order valence-corrected chi connectivity index (χ0v) is 13.1. The molecular formula is C16H21N3O4. The van der Waals surface area contributed by atoms with Crippen molar-refractivity contribution in [1.82, 2.24) is 14.5 Å². The number of aromatic amines is 1. The summed E-state index contributed by atoms with van der Waals surface area (Å²) < 4.78 is 12.7. The van der Waals surface area contributed by atoms with Crippen LogP contribution in [0.25, 0.3) is 0 Å². The van der Waals surface area contributed by atoms with Gasteiger partial charge in [-0.3, -0.25) is 9.55 Å². The first-order valence-electron chi connectivity index (χ1n) is 7.80. The lowest BCUT2D eigenvalue weighted by molar-refractivity contribution is 0.148. The van der Waals surface area contributed by atoms with Gasteiger partial charge in [0.15, 0.2) is 11.5 Å². The fourth-order valence-corrected chi connectivity index (χ4v) is 2.83. The minimum atomic E-state index is -0.902. The minimum Gasteiger partial charge on any atom is -0.491 e. The summed E-state index contributed by atoms with van der Waals surface area (Å²) in [5.74, 6) is 1.14. The summed E-state index contributed by atoms with van der Waals surface area (Å²) in [4.78, 5) is 18.3. The third-order valence-corrected chi connectivity index (χ3v) is 4.10. The zero-order valence-electron chi connectivity index (χ0n) is 13.1. The number of methoxy groups -OCH3 is 1. The Morgan fingerprint density at radius 2 is 2.22 bits per heavy atom. The highest BCUT2D eigenvalue weighted by Gasteiger charge is 2.20. The predicted octanol–water partition coefficient (Wildman–Crippen LogP) is 1.64. The van der Waals surface area contributed by atoms with Gasteiger partial charge in [-0.25, -0.2) is 4.79 Å². The van der Waals surface area contributed by atoms with E-state index in [1.54, 1.807) is 25.6 Å². The lowest BCUT2D eigenvalue weighted by atomic mass is 10.2. The number of pyridine rings is 1. The lowest BCUT2D eigenvalue weighted by Crippen LogP contribution is -2.21. The quantitative estimate of drug-likeness (QED) is 0.845. The standard InChI is InChI=1S/C16H21N3O4/c1-22-15-9-18-12(8-14(15)23-11-4-2-3-5-11)13(20)10-19-7-6-17-16(19)21/h6-9,11,13,20H,2-5,10H2,1H3,(H,17,21). The van der Waals surface area contributed by atoms with Crippen LogP contribution in [-0.4, -0.2) is 32.9 Å². The molecule has 2 heterocycles. The fourth-order valence-electron chi connectivity index (χ4n) is 2.83. The second-order valence-electron chi connectivity index (χ2n) is 5.72. The Labute approximate surface area is 133 Å². The molecule has 124 valence electrons. The van der Waals surface area contributed by atoms with Crippen molar-refractivity contribution in [1.29, 1.82) is 0 Å². The monoisotopic (exact) mass is 319 g/mol. The van der Waals surface area contributed by atoms with E-state index in [1.807, 2.05) is 0 Å². The van der Waals surface area contributed by atoms with Crippen molar-refractivity contribution in [2.24, 2.45) is 0 Å². The molecule has 0 aliphatic heterocycles. The Hall–Kier alpha value is -2.28. The second kappa shape index (κ2) is 6.87. The van der Waals surface area contributed by atoms with Gasteiger partial charge in [0.25, 0.3) is 0 Å². The molecule has 23 heavy (non-hydrogen) atoms. The van der Waals surface area contributed by atoms with Crippen LogP contribution in [0.15, 0.2) is 29.5 Å². The number of ether oxygens (including phenoxy) is 2. The van der Waals surface area contributed by atoms with E-state index in [0.29, 0.717) is 17.2 Å². The Balaban J connectivity index is 1.78. The molecule has 1 saturated carbocycles. The molecule has 2 aromatic rings. The van der Waals surface area contributed by atoms with Gasteiger partial charge in [0, 0.05) is 18.5 Å². The van der Waals surface area contributed by atoms with Crippen molar-refractivity contribution in [2.75, 3.05) is 7.11 Å². The molecule has 1 atom stereocenters. The van der Waals surface area contributed by atoms with Crippen LogP contribution in [0.5, 0.6) is 11.5 Å². The number of rotatable bonds is 6. The lowest BCUT2D eigenvalue weighted by Gasteiger charge is -2.18. The van der Waals surface area contributed by atoms with Gasteiger partial charge in [-0.1, -0.05) is 0 Å². The largest absolute Gasteiger partial charge is 0.491 e. The molecule has 0 amide bonds. The third-order valence-electron chi connectivity index (χ3n) is 4.10. The van der Waals surface area contributed by atoms with Crippen molar-refractivity contribution in [3.63, 3.8) is 0 Å². The molecule has 1 aliphatic carbocycles. The molecule has 0 bridgehead atoms. The Kier molecular flexibility index (Phi) is 4.66. The maximum atomic E-state index is 11.5. The molecule has 1 unspecified atom stereocenters. The van der Waals surface area contributed by atoms with Crippen molar-refractivity contribution < 1.29 is 14.6 Å². The second-order valence-corrected chi connectivity index (χ2v) is 5.72. The van der Waals surface area contributed by atoms with Crippen LogP contribution in [0.3, 0.4) is 0 Å². The van der Waals surface area contributed by atoms with Gasteiger partial charge in [-0.2, -0.15) is 0 Å². The molecule has 7 nitrogen and oxygen atoms in total. The molecule has 1 aliphatic rings. The topological polar surface area (TPSA) is 89.4 Å². The Morgan fingerprint density at radius 1 is 1.43 bits per heavy atom. The highest BCUT2D eigenvalue weighted by molar-refractivity contribution is 5.39. The van der Waals surface area contributed by atoms with E-state index >= 15 is 0 Å². The summed E-state index contributed by atoms with van der Waals surface area (Å²) >= 11 is 0. The van der Waals surface area contributed by atoms with Gasteiger partial charge >= 0.3 is 5.69 Å². The van der Waals surface area contributed by atoms with Crippen LogP contribution in [0.4, 0.5) is 0 Å². The van der Waals surface area contributed by atoms with E-state index < -0.39 is 6.10 Å². The average Bonchev–Trinajstić information content (AvgIpc) is 3.20. The van der Waals surface area contributed by atoms with Crippen LogP contribution in [0.1, 0.15) is 37.5 Å². The molecule has 2 N–H and O–H groups in total. The van der Waals surface area contributed by atoms with E-state index in [2.05, 4.69) is 9.97 Å². The average molecular weight is 319 g/mol. The molecule has 7 heteroatoms. The van der Waals surface area contributed by atoms with Crippen LogP contribution in [0, 0.1) is 0 Å². The van der Waals surface area contributed by atoms with Gasteiger partial charge < -0.3 is 19.6 Å². The maximum Gasteiger partial charge on any atom is 0.325 e. The van der Waals surface area contributed by atoms with Crippen LogP contribution in [0.2, 0.25) is 0 Å². The first kappa shape index (κ1) is 15.6. The third kappa shape index (κ3) is 3.56. The fraction of sp³-hybridized carbons (Fsp3) is 0.500. The number of aliphatic hydroxyl groups excluding tert-OH is 1. The van der Waals surface area contributed by atoms with Gasteiger partial charge in [-0.05, 0) is 25.7 Å². The summed E-state index contributed by atoms with van der Waals surface area (Å²) in [6, 6.07) is 1.69. The number of aliphatic hydroxyl groups is 1. The van der Waals surface area contributed by atoms with Gasteiger partial charge in [0.05, 0.1) is 31.6 Å². The van der Waals surface area contributed by atoms with Crippen molar-refractivity contribution in [2.45, 2.75) is 44.4 Å². The SMILES string of the molecule is COc1cnc(C(O)Cn2cc[nH]c2=O)cc1OC1CCCC1. The number of H-pyrrole nitrogens is 1. The van der Waals surface area contributed by atoms with E-state index in [9.17, 15) is 9.90 Å². The minimum absolute atomic E-state index is 0.129. The molecule has 3 rings (SSSR count). The number of nitrogens with one attached hydrogen (secondary N) is 1. The first-order valence-corrected chi connectivity index (χ1v) is 7.80. The van der Waals surface area contributed by atoms with Crippen molar-refractivity contribution >= 4 is 0 Å². The Bertz CT molecular complexity index is 703. The van der Waals surface area contributed by atoms with Crippen LogP contribution >= 0.6 is 0 Å². The van der Waals surface area contributed by atoms with E-state index in [0.717, 1.165) is 12.8 Å². The molecule has 0 radical (unpaired) electrons. The highest BCUT2D eigenvalue weighted by atomic mass is 16.5. The number of hydrogen-bond donors (Lipinski definition) is 2. The van der Waals surface area contributed by atoms with E-state index in [1.165, 1.54) is 23.6 Å². The van der Waals surface area contributed by atoms with Gasteiger partial charge in [-0.15, -0.1) is 0 Å². The summed E-state index contributed by atoms with van der Waals surface area (Å²) in [5, 5.41) is 10.3. The normalized spacial score (nSPS) is 16.4. The van der Waals surface area contributed by atoms with Crippen LogP contribution < -0.4 is 15.2 Å². The maximum absolute atomic E-state index is 11.5. The molecular weight excluding hydrogens is 298 g/mol. The van der Waals surface area contributed by atoms with E-state index in [4.69, 9.17) is 9.47 Å². The molecule has 0 spiro atoms. The smallest absolute Gasteiger partial charge is 0.325 e. The Morgan fingerprint density at radius 3 is 2.87 bits per heavy atom. The summed E-state index contributed by atoms with van der Waals surface area (Å²) in [6.45, 7) is 0.129. The summed E-state index contributed by atoms with van der Waals surface area (Å²) in [6.07, 6.45) is 8.35. The van der Waals surface area contributed by atoms with Crippen molar-refractivity contribution in [3.8, 4) is 11.5 Å². The number of imidazole rings is 1. The highest BCUT2D eigenvalue weighted by Crippen LogP contribution is 2.32. The molecule has 1 fully saturated rings. The summed E-state index contributed by atoms with van der Waals surface area (Å²) in [7, 11) is 1.56. The predicted molar refractivity (Wildman–Crippen MR) is 83.7 cm³/mol. The summed E-state index contributed by atoms with van der Waals surface area (Å²) in [5.41, 5.74) is 0.187. The zero-order chi connectivity index (χ0) is 16.2. The molecule has 2 aromatic heterocycles. The molecule has 0 aromatic carbocycles. The first-order chi connectivity index (χ1) is 11.2. The number of hydrogen-bond acceptors (Lipinski definition) is 5. The van der Waals surface area contributed by atoms with Crippen LogP contribution in [-0.2, 0) is 6.54 Å². The van der Waals surface area contributed by atoms with E-state index in [-0.39, 0.29) is 18.3 Å². The van der Waals surface area contributed by atoms with Crippen molar-refractivity contribution in [3.05, 3.63) is 40.8 Å². The number of aromatic nitrogens is 3.